The van der Waals surface area contributed by atoms with E-state index in [1.165, 1.54) is 5.57 Å². The van der Waals surface area contributed by atoms with Gasteiger partial charge in [0.2, 0.25) is 0 Å². The molecule has 2 heterocycles. The molecule has 1 atom stereocenters. The third kappa shape index (κ3) is 3.42. The van der Waals surface area contributed by atoms with Crippen LogP contribution < -0.4 is 0 Å². The molecular weight excluding hydrogens is 224 g/mol. The molecule has 0 saturated carbocycles. The van der Waals surface area contributed by atoms with E-state index in [-0.39, 0.29) is 0 Å². The highest BCUT2D eigenvalue weighted by molar-refractivity contribution is 5.79. The van der Waals surface area contributed by atoms with Crippen LogP contribution in [0.15, 0.2) is 16.6 Å². The van der Waals surface area contributed by atoms with Gasteiger partial charge in [0.1, 0.15) is 0 Å². The highest BCUT2D eigenvalue weighted by Crippen LogP contribution is 2.30. The maximum Gasteiger partial charge on any atom is 0.0712 e. The molecule has 2 rings (SSSR count). The SMILES string of the molecule is CC1C=C(CC2(O)CCN(C(C)C)CC2)C=NC1. The smallest absolute Gasteiger partial charge is 0.0712 e. The van der Waals surface area contributed by atoms with Crippen molar-refractivity contribution in [2.75, 3.05) is 19.6 Å². The van der Waals surface area contributed by atoms with Crippen LogP contribution in [0.3, 0.4) is 0 Å². The number of dihydropyridines is 1. The second kappa shape index (κ2) is 5.54. The lowest BCUT2D eigenvalue weighted by atomic mass is 9.84. The Kier molecular flexibility index (Phi) is 4.23. The Balaban J connectivity index is 1.92. The Morgan fingerprint density at radius 3 is 2.67 bits per heavy atom. The number of hydrogen-bond donors (Lipinski definition) is 1. The number of piperidine rings is 1. The van der Waals surface area contributed by atoms with Crippen LogP contribution >= 0.6 is 0 Å². The average Bonchev–Trinajstić information content (AvgIpc) is 2.29. The summed E-state index contributed by atoms with van der Waals surface area (Å²) in [6.45, 7) is 9.54. The topological polar surface area (TPSA) is 35.8 Å². The van der Waals surface area contributed by atoms with E-state index >= 15 is 0 Å². The van der Waals surface area contributed by atoms with Gasteiger partial charge in [-0.3, -0.25) is 4.99 Å². The van der Waals surface area contributed by atoms with Gasteiger partial charge in [-0.2, -0.15) is 0 Å². The number of likely N-dealkylation sites (tertiary alicyclic amines) is 1. The van der Waals surface area contributed by atoms with Gasteiger partial charge in [-0.1, -0.05) is 13.0 Å². The van der Waals surface area contributed by atoms with Crippen molar-refractivity contribution in [1.82, 2.24) is 4.90 Å². The van der Waals surface area contributed by atoms with Crippen LogP contribution in [0.25, 0.3) is 0 Å². The fraction of sp³-hybridized carbons (Fsp3) is 0.800. The summed E-state index contributed by atoms with van der Waals surface area (Å²) < 4.78 is 0. The number of hydrogen-bond acceptors (Lipinski definition) is 3. The van der Waals surface area contributed by atoms with E-state index in [2.05, 4.69) is 36.7 Å². The summed E-state index contributed by atoms with van der Waals surface area (Å²) in [5.41, 5.74) is 0.703. The largest absolute Gasteiger partial charge is 0.389 e. The lowest BCUT2D eigenvalue weighted by Gasteiger charge is -2.40. The van der Waals surface area contributed by atoms with Gasteiger partial charge >= 0.3 is 0 Å². The molecule has 0 spiro atoms. The van der Waals surface area contributed by atoms with Gasteiger partial charge in [-0.15, -0.1) is 0 Å². The average molecular weight is 250 g/mol. The number of aliphatic imine (C=N–C) groups is 1. The lowest BCUT2D eigenvalue weighted by molar-refractivity contribution is -0.0262. The van der Waals surface area contributed by atoms with E-state index in [0.29, 0.717) is 12.0 Å². The van der Waals surface area contributed by atoms with E-state index in [1.54, 1.807) is 0 Å². The van der Waals surface area contributed by atoms with Gasteiger partial charge in [0, 0.05) is 38.3 Å². The first-order chi connectivity index (χ1) is 8.48. The molecule has 3 nitrogen and oxygen atoms in total. The van der Waals surface area contributed by atoms with Crippen LogP contribution in [0.2, 0.25) is 0 Å². The standard InChI is InChI=1S/C15H26N2O/c1-12(2)17-6-4-15(18,5-7-17)9-14-8-13(3)10-16-11-14/h8,11-13,18H,4-7,9-10H2,1-3H3. The van der Waals surface area contributed by atoms with Crippen molar-refractivity contribution in [3.8, 4) is 0 Å². The zero-order chi connectivity index (χ0) is 13.2. The van der Waals surface area contributed by atoms with E-state index < -0.39 is 5.60 Å². The van der Waals surface area contributed by atoms with Gasteiger partial charge < -0.3 is 10.0 Å². The normalized spacial score (nSPS) is 28.5. The first kappa shape index (κ1) is 13.8. The molecule has 1 saturated heterocycles. The van der Waals surface area contributed by atoms with Gasteiger partial charge in [0.25, 0.3) is 0 Å². The molecule has 0 radical (unpaired) electrons. The van der Waals surface area contributed by atoms with Crippen LogP contribution in [0.1, 0.15) is 40.0 Å². The van der Waals surface area contributed by atoms with Gasteiger partial charge in [0.15, 0.2) is 0 Å². The number of nitrogens with zero attached hydrogens (tertiary/aromatic N) is 2. The van der Waals surface area contributed by atoms with Crippen molar-refractivity contribution in [3.05, 3.63) is 11.6 Å². The van der Waals surface area contributed by atoms with Crippen molar-refractivity contribution in [2.24, 2.45) is 10.9 Å². The molecule has 0 aromatic carbocycles. The van der Waals surface area contributed by atoms with Crippen LogP contribution in [0, 0.1) is 5.92 Å². The summed E-state index contributed by atoms with van der Waals surface area (Å²) in [7, 11) is 0. The molecule has 2 aliphatic rings. The third-order valence-corrected chi connectivity index (χ3v) is 4.14. The third-order valence-electron chi connectivity index (χ3n) is 4.14. The maximum absolute atomic E-state index is 10.7. The molecule has 0 bridgehead atoms. The van der Waals surface area contributed by atoms with Crippen molar-refractivity contribution in [1.29, 1.82) is 0 Å². The Labute approximate surface area is 111 Å². The maximum atomic E-state index is 10.7. The van der Waals surface area contributed by atoms with Crippen LogP contribution in [-0.2, 0) is 0 Å². The van der Waals surface area contributed by atoms with Gasteiger partial charge in [-0.25, -0.2) is 0 Å². The van der Waals surface area contributed by atoms with Gasteiger partial charge in [-0.05, 0) is 38.2 Å². The minimum atomic E-state index is -0.514. The van der Waals surface area contributed by atoms with E-state index in [4.69, 9.17) is 0 Å². The summed E-state index contributed by atoms with van der Waals surface area (Å²) in [5.74, 6) is 0.518. The minimum absolute atomic E-state index is 0.514. The van der Waals surface area contributed by atoms with Crippen LogP contribution in [0.4, 0.5) is 0 Å². The first-order valence-electron chi connectivity index (χ1n) is 7.15. The molecule has 1 N–H and O–H groups in total. The van der Waals surface area contributed by atoms with Crippen molar-refractivity contribution < 1.29 is 5.11 Å². The van der Waals surface area contributed by atoms with Crippen molar-refractivity contribution in [2.45, 2.75) is 51.7 Å². The summed E-state index contributed by atoms with van der Waals surface area (Å²) >= 11 is 0. The summed E-state index contributed by atoms with van der Waals surface area (Å²) in [4.78, 5) is 6.81. The van der Waals surface area contributed by atoms with E-state index in [9.17, 15) is 5.11 Å². The first-order valence-corrected chi connectivity index (χ1v) is 7.15. The predicted octanol–water partition coefficient (Wildman–Crippen LogP) is 2.26. The van der Waals surface area contributed by atoms with Crippen molar-refractivity contribution >= 4 is 6.21 Å². The highest BCUT2D eigenvalue weighted by Gasteiger charge is 2.33. The lowest BCUT2D eigenvalue weighted by Crippen LogP contribution is -2.47. The Morgan fingerprint density at radius 1 is 1.44 bits per heavy atom. The summed E-state index contributed by atoms with van der Waals surface area (Å²) in [5, 5.41) is 10.7. The fourth-order valence-corrected chi connectivity index (χ4v) is 2.92. The predicted molar refractivity (Wildman–Crippen MR) is 76.1 cm³/mol. The monoisotopic (exact) mass is 250 g/mol. The quantitative estimate of drug-likeness (QED) is 0.834. The van der Waals surface area contributed by atoms with Crippen LogP contribution in [0.5, 0.6) is 0 Å². The molecule has 2 aliphatic heterocycles. The molecule has 0 amide bonds. The Hall–Kier alpha value is -0.670. The Morgan fingerprint density at radius 2 is 2.11 bits per heavy atom. The zero-order valence-corrected chi connectivity index (χ0v) is 11.9. The number of aliphatic hydroxyl groups is 1. The fourth-order valence-electron chi connectivity index (χ4n) is 2.92. The Bertz CT molecular complexity index is 338. The van der Waals surface area contributed by atoms with Gasteiger partial charge in [0.05, 0.1) is 5.60 Å². The van der Waals surface area contributed by atoms with E-state index in [1.807, 2.05) is 6.21 Å². The minimum Gasteiger partial charge on any atom is -0.389 e. The molecule has 0 aliphatic carbocycles. The second-order valence-electron chi connectivity index (χ2n) is 6.24. The second-order valence-corrected chi connectivity index (χ2v) is 6.24. The van der Waals surface area contributed by atoms with Crippen LogP contribution in [-0.4, -0.2) is 47.5 Å². The highest BCUT2D eigenvalue weighted by atomic mass is 16.3. The molecule has 0 aromatic rings. The molecule has 1 unspecified atom stereocenters. The molecule has 3 heteroatoms. The molecule has 0 aromatic heterocycles. The molecule has 1 fully saturated rings. The summed E-state index contributed by atoms with van der Waals surface area (Å²) in [6.07, 6.45) is 6.74. The molecule has 102 valence electrons. The van der Waals surface area contributed by atoms with Crippen molar-refractivity contribution in [3.63, 3.8) is 0 Å². The number of rotatable bonds is 3. The molecular formula is C15H26N2O. The van der Waals surface area contributed by atoms with E-state index in [0.717, 1.165) is 38.9 Å². The summed E-state index contributed by atoms with van der Waals surface area (Å²) in [6, 6.07) is 0.588. The molecule has 18 heavy (non-hydrogen) atoms. The zero-order valence-electron chi connectivity index (χ0n) is 11.9.